The topological polar surface area (TPSA) is 67.4 Å². The van der Waals surface area contributed by atoms with Gasteiger partial charge in [-0.2, -0.15) is 0 Å². The maximum atomic E-state index is 12.0. The van der Waals surface area contributed by atoms with Crippen LogP contribution in [0.3, 0.4) is 0 Å². The molecule has 5 nitrogen and oxygen atoms in total. The van der Waals surface area contributed by atoms with Gasteiger partial charge in [0.2, 0.25) is 10.0 Å². The van der Waals surface area contributed by atoms with Crippen molar-refractivity contribution in [3.8, 4) is 0 Å². The average Bonchev–Trinajstić information content (AvgIpc) is 2.32. The number of rotatable bonds is 6. The summed E-state index contributed by atoms with van der Waals surface area (Å²) in [6.07, 6.45) is 2.33. The smallest absolute Gasteiger partial charge is 0.240 e. The highest BCUT2D eigenvalue weighted by Crippen LogP contribution is 2.26. The monoisotopic (exact) mass is 298 g/mol. The molecule has 0 spiro atoms. The second-order valence-electron chi connectivity index (χ2n) is 5.47. The minimum atomic E-state index is -3.41. The third-order valence-electron chi connectivity index (χ3n) is 3.35. The Hall–Kier alpha value is -1.11. The van der Waals surface area contributed by atoms with Gasteiger partial charge in [0.25, 0.3) is 0 Å². The fraction of sp³-hybridized carbons (Fsp3) is 0.571. The van der Waals surface area contributed by atoms with E-state index in [2.05, 4.69) is 10.0 Å². The minimum absolute atomic E-state index is 0.112. The molecule has 1 aromatic rings. The number of nitrogens with one attached hydrogen (secondary N) is 2. The summed E-state index contributed by atoms with van der Waals surface area (Å²) in [5.74, 6) is 0. The molecule has 1 saturated carbocycles. The van der Waals surface area contributed by atoms with Crippen molar-refractivity contribution in [3.05, 3.63) is 24.3 Å². The second kappa shape index (κ2) is 6.11. The molecular weight excluding hydrogens is 276 g/mol. The highest BCUT2D eigenvalue weighted by atomic mass is 32.2. The first kappa shape index (κ1) is 15.3. The summed E-state index contributed by atoms with van der Waals surface area (Å²) < 4.78 is 31.7. The van der Waals surface area contributed by atoms with E-state index in [0.717, 1.165) is 18.5 Å². The first-order valence-corrected chi connectivity index (χ1v) is 8.31. The maximum absolute atomic E-state index is 12.0. The lowest BCUT2D eigenvalue weighted by molar-refractivity contribution is 0.0329. The van der Waals surface area contributed by atoms with E-state index < -0.39 is 10.0 Å². The second-order valence-corrected chi connectivity index (χ2v) is 7.18. The molecule has 0 atom stereocenters. The highest BCUT2D eigenvalue weighted by Gasteiger charge is 2.28. The van der Waals surface area contributed by atoms with Gasteiger partial charge in [-0.3, -0.25) is 0 Å². The first-order chi connectivity index (χ1) is 9.40. The molecule has 0 radical (unpaired) electrons. The van der Waals surface area contributed by atoms with Crippen molar-refractivity contribution in [2.75, 3.05) is 12.4 Å². The molecule has 0 aromatic heterocycles. The van der Waals surface area contributed by atoms with Gasteiger partial charge in [0.15, 0.2) is 0 Å². The van der Waals surface area contributed by atoms with E-state index in [0.29, 0.717) is 17.0 Å². The lowest BCUT2D eigenvalue weighted by Crippen LogP contribution is -2.40. The van der Waals surface area contributed by atoms with Crippen LogP contribution in [0.15, 0.2) is 29.2 Å². The summed E-state index contributed by atoms with van der Waals surface area (Å²) in [4.78, 5) is 0.292. The average molecular weight is 298 g/mol. The standard InChI is InChI=1S/C14H22N2O3S/c1-10(2)16-20(17,18)14-6-4-11(5-7-14)15-12-8-13(9-12)19-3/h4-7,10,12-13,15-16H,8-9H2,1-3H3. The molecule has 20 heavy (non-hydrogen) atoms. The van der Waals surface area contributed by atoms with Gasteiger partial charge in [0, 0.05) is 24.9 Å². The van der Waals surface area contributed by atoms with Crippen LogP contribution in [0.1, 0.15) is 26.7 Å². The number of sulfonamides is 1. The number of methoxy groups -OCH3 is 1. The van der Waals surface area contributed by atoms with Gasteiger partial charge in [-0.15, -0.1) is 0 Å². The quantitative estimate of drug-likeness (QED) is 0.842. The lowest BCUT2D eigenvalue weighted by atomic mass is 9.89. The molecule has 0 heterocycles. The Morgan fingerprint density at radius 1 is 1.20 bits per heavy atom. The van der Waals surface area contributed by atoms with Crippen molar-refractivity contribution in [2.45, 2.75) is 49.8 Å². The van der Waals surface area contributed by atoms with Crippen LogP contribution >= 0.6 is 0 Å². The summed E-state index contributed by atoms with van der Waals surface area (Å²) >= 11 is 0. The van der Waals surface area contributed by atoms with E-state index in [4.69, 9.17) is 4.74 Å². The molecule has 0 bridgehead atoms. The fourth-order valence-corrected chi connectivity index (χ4v) is 3.47. The van der Waals surface area contributed by atoms with Crippen LogP contribution in [0.25, 0.3) is 0 Å². The predicted octanol–water partition coefficient (Wildman–Crippen LogP) is 1.96. The molecule has 0 aliphatic heterocycles. The van der Waals surface area contributed by atoms with E-state index in [1.807, 2.05) is 0 Å². The number of ether oxygens (including phenoxy) is 1. The lowest BCUT2D eigenvalue weighted by Gasteiger charge is -2.35. The SMILES string of the molecule is COC1CC(Nc2ccc(S(=O)(=O)NC(C)C)cc2)C1. The zero-order valence-electron chi connectivity index (χ0n) is 12.1. The van der Waals surface area contributed by atoms with E-state index in [1.165, 1.54) is 0 Å². The number of anilines is 1. The molecular formula is C14H22N2O3S. The third-order valence-corrected chi connectivity index (χ3v) is 5.03. The van der Waals surface area contributed by atoms with Crippen molar-refractivity contribution in [2.24, 2.45) is 0 Å². The van der Waals surface area contributed by atoms with Crippen molar-refractivity contribution in [3.63, 3.8) is 0 Å². The predicted molar refractivity (Wildman–Crippen MR) is 79.3 cm³/mol. The summed E-state index contributed by atoms with van der Waals surface area (Å²) in [7, 11) is -1.68. The zero-order valence-corrected chi connectivity index (χ0v) is 12.9. The van der Waals surface area contributed by atoms with Crippen LogP contribution in [-0.2, 0) is 14.8 Å². The Morgan fingerprint density at radius 2 is 1.80 bits per heavy atom. The molecule has 2 rings (SSSR count). The van der Waals surface area contributed by atoms with Crippen LogP contribution in [0.4, 0.5) is 5.69 Å². The summed E-state index contributed by atoms with van der Waals surface area (Å²) in [5.41, 5.74) is 0.938. The molecule has 0 saturated heterocycles. The van der Waals surface area contributed by atoms with Crippen molar-refractivity contribution in [1.29, 1.82) is 0 Å². The van der Waals surface area contributed by atoms with E-state index >= 15 is 0 Å². The van der Waals surface area contributed by atoms with Gasteiger partial charge in [0.1, 0.15) is 0 Å². The van der Waals surface area contributed by atoms with Crippen LogP contribution in [0, 0.1) is 0 Å². The maximum Gasteiger partial charge on any atom is 0.240 e. The van der Waals surface area contributed by atoms with Crippen LogP contribution in [0.5, 0.6) is 0 Å². The van der Waals surface area contributed by atoms with Crippen LogP contribution < -0.4 is 10.0 Å². The molecule has 0 unspecified atom stereocenters. The molecule has 1 fully saturated rings. The Morgan fingerprint density at radius 3 is 2.30 bits per heavy atom. The fourth-order valence-electron chi connectivity index (χ4n) is 2.22. The Balaban J connectivity index is 1.96. The van der Waals surface area contributed by atoms with Gasteiger partial charge in [-0.25, -0.2) is 13.1 Å². The molecule has 6 heteroatoms. The molecule has 1 aromatic carbocycles. The van der Waals surface area contributed by atoms with E-state index in [9.17, 15) is 8.42 Å². The molecule has 2 N–H and O–H groups in total. The number of hydrogen-bond donors (Lipinski definition) is 2. The minimum Gasteiger partial charge on any atom is -0.382 e. The number of benzene rings is 1. The normalized spacial score (nSPS) is 22.6. The van der Waals surface area contributed by atoms with Crippen molar-refractivity contribution < 1.29 is 13.2 Å². The van der Waals surface area contributed by atoms with Gasteiger partial charge in [-0.1, -0.05) is 0 Å². The number of hydrogen-bond acceptors (Lipinski definition) is 4. The first-order valence-electron chi connectivity index (χ1n) is 6.82. The Kier molecular flexibility index (Phi) is 4.67. The van der Waals surface area contributed by atoms with Gasteiger partial charge in [-0.05, 0) is 51.0 Å². The molecule has 0 amide bonds. The van der Waals surface area contributed by atoms with E-state index in [-0.39, 0.29) is 6.04 Å². The summed E-state index contributed by atoms with van der Waals surface area (Å²) in [6.45, 7) is 3.60. The van der Waals surface area contributed by atoms with Crippen LogP contribution in [-0.4, -0.2) is 33.7 Å². The van der Waals surface area contributed by atoms with Gasteiger partial charge < -0.3 is 10.1 Å². The molecule has 1 aliphatic rings. The van der Waals surface area contributed by atoms with Gasteiger partial charge >= 0.3 is 0 Å². The third kappa shape index (κ3) is 3.71. The Labute approximate surface area is 120 Å². The van der Waals surface area contributed by atoms with E-state index in [1.54, 1.807) is 45.2 Å². The van der Waals surface area contributed by atoms with Crippen molar-refractivity contribution >= 4 is 15.7 Å². The Bertz CT molecular complexity index is 534. The molecule has 1 aliphatic carbocycles. The largest absolute Gasteiger partial charge is 0.382 e. The van der Waals surface area contributed by atoms with Crippen LogP contribution in [0.2, 0.25) is 0 Å². The highest BCUT2D eigenvalue weighted by molar-refractivity contribution is 7.89. The van der Waals surface area contributed by atoms with Gasteiger partial charge in [0.05, 0.1) is 11.0 Å². The summed E-state index contributed by atoms with van der Waals surface area (Å²) in [6, 6.07) is 7.15. The summed E-state index contributed by atoms with van der Waals surface area (Å²) in [5, 5.41) is 3.37. The zero-order chi connectivity index (χ0) is 14.8. The molecule has 112 valence electrons. The van der Waals surface area contributed by atoms with Crippen molar-refractivity contribution in [1.82, 2.24) is 4.72 Å².